The van der Waals surface area contributed by atoms with E-state index in [1.165, 1.54) is 12.1 Å². The second kappa shape index (κ2) is 4.94. The SMILES string of the molecule is Cc1[nH]cnc1CN1CCc2c(c3ccc(F)cc3n2C)C1=O. The molecule has 3 heterocycles. The third-order valence-corrected chi connectivity index (χ3v) is 4.68. The van der Waals surface area contributed by atoms with Gasteiger partial charge in [0.15, 0.2) is 0 Å². The van der Waals surface area contributed by atoms with Crippen LogP contribution in [-0.4, -0.2) is 31.9 Å². The van der Waals surface area contributed by atoms with Crippen molar-refractivity contribution in [2.24, 2.45) is 7.05 Å². The van der Waals surface area contributed by atoms with E-state index in [1.807, 2.05) is 23.4 Å². The third-order valence-electron chi connectivity index (χ3n) is 4.68. The fraction of sp³-hybridized carbons (Fsp3) is 0.294. The van der Waals surface area contributed by atoms with E-state index in [0.29, 0.717) is 18.7 Å². The molecule has 0 saturated carbocycles. The largest absolute Gasteiger partial charge is 0.348 e. The Balaban J connectivity index is 1.78. The molecule has 1 N–H and O–H groups in total. The Bertz CT molecular complexity index is 924. The molecule has 4 rings (SSSR count). The van der Waals surface area contributed by atoms with Gasteiger partial charge in [-0.3, -0.25) is 4.79 Å². The summed E-state index contributed by atoms with van der Waals surface area (Å²) in [7, 11) is 1.89. The maximum atomic E-state index is 13.5. The van der Waals surface area contributed by atoms with Crippen molar-refractivity contribution in [3.8, 4) is 0 Å². The standard InChI is InChI=1S/C17H17FN4O/c1-10-13(20-9-19-10)8-22-6-5-14-16(17(22)23)12-4-3-11(18)7-15(12)21(14)2/h3-4,7,9H,5-6,8H2,1-2H3,(H,19,20). The van der Waals surface area contributed by atoms with E-state index in [4.69, 9.17) is 0 Å². The highest BCUT2D eigenvalue weighted by atomic mass is 19.1. The van der Waals surface area contributed by atoms with Crippen LogP contribution in [0.15, 0.2) is 24.5 Å². The number of amides is 1. The Hall–Kier alpha value is -2.63. The number of imidazole rings is 1. The first-order valence-corrected chi connectivity index (χ1v) is 7.61. The van der Waals surface area contributed by atoms with Crippen molar-refractivity contribution in [2.75, 3.05) is 6.54 Å². The number of halogens is 1. The molecule has 0 unspecified atom stereocenters. The van der Waals surface area contributed by atoms with Crippen LogP contribution >= 0.6 is 0 Å². The van der Waals surface area contributed by atoms with Gasteiger partial charge in [-0.2, -0.15) is 0 Å². The maximum absolute atomic E-state index is 13.5. The lowest BCUT2D eigenvalue weighted by molar-refractivity contribution is 0.0725. The molecular formula is C17H17FN4O. The second-order valence-corrected chi connectivity index (χ2v) is 5.99. The molecular weight excluding hydrogens is 295 g/mol. The molecule has 23 heavy (non-hydrogen) atoms. The summed E-state index contributed by atoms with van der Waals surface area (Å²) in [6.07, 6.45) is 2.41. The average Bonchev–Trinajstić information content (AvgIpc) is 3.05. The molecule has 118 valence electrons. The zero-order valence-corrected chi connectivity index (χ0v) is 13.1. The lowest BCUT2D eigenvalue weighted by atomic mass is 10.0. The minimum absolute atomic E-state index is 0.00846. The van der Waals surface area contributed by atoms with Crippen molar-refractivity contribution in [1.82, 2.24) is 19.4 Å². The van der Waals surface area contributed by atoms with Crippen LogP contribution in [0.2, 0.25) is 0 Å². The number of carbonyl (C=O) groups excluding carboxylic acids is 1. The van der Waals surface area contributed by atoms with Crippen molar-refractivity contribution in [1.29, 1.82) is 0 Å². The topological polar surface area (TPSA) is 53.9 Å². The van der Waals surface area contributed by atoms with Gasteiger partial charge in [0, 0.05) is 36.8 Å². The van der Waals surface area contributed by atoms with Gasteiger partial charge in [-0.1, -0.05) is 0 Å². The fourth-order valence-electron chi connectivity index (χ4n) is 3.37. The second-order valence-electron chi connectivity index (χ2n) is 5.99. The minimum atomic E-state index is -0.285. The normalized spacial score (nSPS) is 14.6. The highest BCUT2D eigenvalue weighted by Crippen LogP contribution is 2.31. The van der Waals surface area contributed by atoms with Crippen LogP contribution in [0.1, 0.15) is 27.4 Å². The highest BCUT2D eigenvalue weighted by Gasteiger charge is 2.30. The Morgan fingerprint density at radius 1 is 1.39 bits per heavy atom. The molecule has 0 radical (unpaired) electrons. The van der Waals surface area contributed by atoms with Crippen molar-refractivity contribution in [3.63, 3.8) is 0 Å². The van der Waals surface area contributed by atoms with Crippen molar-refractivity contribution in [2.45, 2.75) is 19.9 Å². The molecule has 3 aromatic rings. The van der Waals surface area contributed by atoms with Crippen LogP contribution < -0.4 is 0 Å². The number of aryl methyl sites for hydroxylation is 2. The number of nitrogens with one attached hydrogen (secondary N) is 1. The van der Waals surface area contributed by atoms with E-state index >= 15 is 0 Å². The first-order chi connectivity index (χ1) is 11.1. The van der Waals surface area contributed by atoms with Crippen molar-refractivity contribution < 1.29 is 9.18 Å². The number of aromatic nitrogens is 3. The van der Waals surface area contributed by atoms with Crippen molar-refractivity contribution in [3.05, 3.63) is 53.0 Å². The molecule has 1 aliphatic heterocycles. The predicted molar refractivity (Wildman–Crippen MR) is 84.6 cm³/mol. The van der Waals surface area contributed by atoms with Crippen molar-refractivity contribution >= 4 is 16.8 Å². The molecule has 0 saturated heterocycles. The summed E-state index contributed by atoms with van der Waals surface area (Å²) in [6.45, 7) is 3.08. The zero-order chi connectivity index (χ0) is 16.1. The molecule has 0 bridgehead atoms. The Morgan fingerprint density at radius 2 is 2.22 bits per heavy atom. The minimum Gasteiger partial charge on any atom is -0.348 e. The lowest BCUT2D eigenvalue weighted by Crippen LogP contribution is -2.37. The number of H-pyrrole nitrogens is 1. The van der Waals surface area contributed by atoms with Gasteiger partial charge in [-0.25, -0.2) is 9.37 Å². The quantitative estimate of drug-likeness (QED) is 0.790. The van der Waals surface area contributed by atoms with Crippen LogP contribution in [0.25, 0.3) is 10.9 Å². The van der Waals surface area contributed by atoms with Gasteiger partial charge in [0.1, 0.15) is 5.82 Å². The third kappa shape index (κ3) is 2.05. The van der Waals surface area contributed by atoms with Gasteiger partial charge >= 0.3 is 0 Å². The number of benzene rings is 1. The molecule has 1 aliphatic rings. The molecule has 0 aliphatic carbocycles. The van der Waals surface area contributed by atoms with Crippen LogP contribution in [0, 0.1) is 12.7 Å². The highest BCUT2D eigenvalue weighted by molar-refractivity contribution is 6.09. The number of fused-ring (bicyclic) bond motifs is 3. The Labute approximate surface area is 132 Å². The van der Waals surface area contributed by atoms with E-state index in [0.717, 1.165) is 34.4 Å². The monoisotopic (exact) mass is 312 g/mol. The number of aromatic amines is 1. The van der Waals surface area contributed by atoms with E-state index in [9.17, 15) is 9.18 Å². The van der Waals surface area contributed by atoms with E-state index in [1.54, 1.807) is 12.4 Å². The predicted octanol–water partition coefficient (Wildman–Crippen LogP) is 2.55. The molecule has 5 nitrogen and oxygen atoms in total. The summed E-state index contributed by atoms with van der Waals surface area (Å²) in [5, 5.41) is 0.817. The summed E-state index contributed by atoms with van der Waals surface area (Å²) in [5.74, 6) is -0.294. The number of hydrogen-bond acceptors (Lipinski definition) is 2. The molecule has 0 spiro atoms. The molecule has 0 fully saturated rings. The van der Waals surface area contributed by atoms with Crippen LogP contribution in [-0.2, 0) is 20.0 Å². The Morgan fingerprint density at radius 3 is 2.96 bits per heavy atom. The van der Waals surface area contributed by atoms with E-state index < -0.39 is 0 Å². The van der Waals surface area contributed by atoms with E-state index in [2.05, 4.69) is 9.97 Å². The molecule has 1 aromatic carbocycles. The van der Waals surface area contributed by atoms with E-state index in [-0.39, 0.29) is 11.7 Å². The molecule has 6 heteroatoms. The number of nitrogens with zero attached hydrogens (tertiary/aromatic N) is 3. The van der Waals surface area contributed by atoms with Gasteiger partial charge in [0.05, 0.1) is 29.6 Å². The smallest absolute Gasteiger partial charge is 0.256 e. The van der Waals surface area contributed by atoms with Gasteiger partial charge in [-0.15, -0.1) is 0 Å². The number of hydrogen-bond donors (Lipinski definition) is 1. The first-order valence-electron chi connectivity index (χ1n) is 7.61. The summed E-state index contributed by atoms with van der Waals surface area (Å²) in [4.78, 5) is 22.1. The molecule has 2 aromatic heterocycles. The summed E-state index contributed by atoms with van der Waals surface area (Å²) in [6, 6.07) is 4.60. The molecule has 1 amide bonds. The van der Waals surface area contributed by atoms with Crippen LogP contribution in [0.5, 0.6) is 0 Å². The van der Waals surface area contributed by atoms with Gasteiger partial charge in [0.2, 0.25) is 0 Å². The van der Waals surface area contributed by atoms with Gasteiger partial charge in [0.25, 0.3) is 5.91 Å². The maximum Gasteiger partial charge on any atom is 0.256 e. The summed E-state index contributed by atoms with van der Waals surface area (Å²) >= 11 is 0. The van der Waals surface area contributed by atoms with Gasteiger partial charge < -0.3 is 14.5 Å². The Kier molecular flexibility index (Phi) is 3.01. The molecule has 0 atom stereocenters. The summed E-state index contributed by atoms with van der Waals surface area (Å²) < 4.78 is 15.5. The number of carbonyl (C=O) groups is 1. The zero-order valence-electron chi connectivity index (χ0n) is 13.1. The lowest BCUT2D eigenvalue weighted by Gasteiger charge is -2.27. The fourth-order valence-corrected chi connectivity index (χ4v) is 3.37. The first kappa shape index (κ1) is 14.0. The van der Waals surface area contributed by atoms with Gasteiger partial charge in [-0.05, 0) is 25.1 Å². The summed E-state index contributed by atoms with van der Waals surface area (Å²) in [5.41, 5.74) is 4.30. The average molecular weight is 312 g/mol. The van der Waals surface area contributed by atoms with Crippen LogP contribution in [0.4, 0.5) is 4.39 Å². The number of rotatable bonds is 2. The van der Waals surface area contributed by atoms with Crippen LogP contribution in [0.3, 0.4) is 0 Å².